The lowest BCUT2D eigenvalue weighted by atomic mass is 9.79. The number of fused-ring (bicyclic) bond motifs is 2. The minimum Gasteiger partial charge on any atom is -0.481 e. The molecule has 0 aromatic carbocycles. The first-order valence-electron chi connectivity index (χ1n) is 50.3. The van der Waals surface area contributed by atoms with Crippen molar-refractivity contribution in [2.75, 3.05) is 23.0 Å². The largest absolute Gasteiger partial charge is 0.481 e. The molecule has 868 valence electrons. The maximum Gasteiger partial charge on any atom is 0.314 e. The van der Waals surface area contributed by atoms with Crippen molar-refractivity contribution in [3.8, 4) is 0 Å². The van der Waals surface area contributed by atoms with E-state index in [9.17, 15) is 115 Å². The lowest BCUT2D eigenvalue weighted by Gasteiger charge is -2.24. The Morgan fingerprint density at radius 1 is 0.153 bits per heavy atom. The van der Waals surface area contributed by atoms with Crippen LogP contribution in [-0.4, -0.2) is 289 Å². The number of unbranched alkanes of at least 4 members (excludes halogenated alkanes) is 28. The van der Waals surface area contributed by atoms with E-state index in [1.54, 1.807) is 0 Å². The lowest BCUT2D eigenvalue weighted by Crippen LogP contribution is -2.34. The fourth-order valence-electron chi connectivity index (χ4n) is 14.5. The third kappa shape index (κ3) is 127. The van der Waals surface area contributed by atoms with Crippen molar-refractivity contribution >= 4 is 186 Å². The summed E-state index contributed by atoms with van der Waals surface area (Å²) in [5.41, 5.74) is 0. The summed E-state index contributed by atoms with van der Waals surface area (Å²) in [4.78, 5) is 245. The first-order chi connectivity index (χ1) is 70.5. The van der Waals surface area contributed by atoms with Crippen LogP contribution in [0.5, 0.6) is 0 Å². The number of carboxylic acid groups (broad SMARTS) is 24. The minimum atomic E-state index is -0.970. The molecule has 0 spiro atoms. The van der Waals surface area contributed by atoms with Crippen molar-refractivity contribution in [3.05, 3.63) is 0 Å². The average Bonchev–Trinajstić information content (AvgIpc) is 1.62. The molecule has 0 amide bonds. The van der Waals surface area contributed by atoms with E-state index >= 15 is 0 Å². The predicted molar refractivity (Wildman–Crippen MR) is 547 cm³/mol. The molecule has 4 aliphatic rings. The molecule has 48 nitrogen and oxygen atoms in total. The van der Waals surface area contributed by atoms with Crippen LogP contribution in [0.3, 0.4) is 0 Å². The fourth-order valence-corrected chi connectivity index (χ4v) is 17.9. The quantitative estimate of drug-likeness (QED) is 0.0199. The second-order valence-corrected chi connectivity index (χ2v) is 40.3. The smallest absolute Gasteiger partial charge is 0.314 e. The Labute approximate surface area is 887 Å². The molecule has 4 saturated carbocycles. The van der Waals surface area contributed by atoms with E-state index in [4.69, 9.17) is 123 Å². The molecule has 4 aliphatic carbocycles. The molecule has 0 heterocycles. The van der Waals surface area contributed by atoms with E-state index in [-0.39, 0.29) is 138 Å². The third-order valence-corrected chi connectivity index (χ3v) is 26.6. The molecule has 52 heteroatoms. The van der Waals surface area contributed by atoms with Gasteiger partial charge in [0.25, 0.3) is 0 Å². The van der Waals surface area contributed by atoms with E-state index < -0.39 is 167 Å². The molecule has 0 aromatic heterocycles. The number of hydrogen-bond donors (Lipinski definition) is 24. The summed E-state index contributed by atoms with van der Waals surface area (Å²) in [5, 5.41) is 201. The summed E-state index contributed by atoms with van der Waals surface area (Å²) < 4.78 is 0. The zero-order chi connectivity index (χ0) is 116. The Bertz CT molecular complexity index is 3510. The summed E-state index contributed by atoms with van der Waals surface area (Å²) in [6.45, 7) is 0. The number of carboxylic acids is 24. The first-order valence-corrected chi connectivity index (χ1v) is 55.2. The molecular formula is C98H164O48S4. The van der Waals surface area contributed by atoms with Crippen LogP contribution in [0, 0.1) is 47.3 Å². The van der Waals surface area contributed by atoms with Gasteiger partial charge in [-0.2, -0.15) is 0 Å². The third-order valence-electron chi connectivity index (χ3n) is 22.1. The Hall–Kier alpha value is -11.3. The highest BCUT2D eigenvalue weighted by Crippen LogP contribution is 2.52. The van der Waals surface area contributed by atoms with Gasteiger partial charge in [-0.25, -0.2) is 0 Å². The molecular weight excluding hydrogens is 2070 g/mol. The SMILES string of the molecule is O=C(O)C1C2CCC(C2)C1C(=O)O.O=C(O)C1CCC(C(=O)O)CC1.O=C(O)C1CCCCC1C(=O)O.O=C(O)CCCCC(=O)O.O=C(O)CCCCCC(=O)O.O=C(O)CCCCCCC(=O)O.O=C(O)CCCCCCCC(=O)O.O=C(O)CCCCCCCCC(=O)O.O=C(O)CCCCCCCCCC(=O)O.O=C(O)CCCCCCCCCCC(=O)O.O=C(O)CCSSCCC(=O)O.O=C(O)CSSCC(=O)O. The van der Waals surface area contributed by atoms with Crippen LogP contribution in [0.25, 0.3) is 0 Å². The van der Waals surface area contributed by atoms with Gasteiger partial charge in [0.2, 0.25) is 0 Å². The molecule has 6 atom stereocenters. The van der Waals surface area contributed by atoms with Gasteiger partial charge < -0.3 is 123 Å². The number of hydrogen-bond acceptors (Lipinski definition) is 28. The Balaban J connectivity index is -0.000000245. The predicted octanol–water partition coefficient (Wildman–Crippen LogP) is 17.8. The highest BCUT2D eigenvalue weighted by molar-refractivity contribution is 8.77. The van der Waals surface area contributed by atoms with Gasteiger partial charge in [-0.05, 0) is 160 Å². The van der Waals surface area contributed by atoms with Gasteiger partial charge in [-0.15, -0.1) is 0 Å². The Kier molecular flexibility index (Phi) is 110. The van der Waals surface area contributed by atoms with Gasteiger partial charge in [0.1, 0.15) is 11.5 Å². The maximum absolute atomic E-state index is 10.8. The summed E-state index contributed by atoms with van der Waals surface area (Å²) in [5.74, 6) is -21.8. The van der Waals surface area contributed by atoms with E-state index in [0.29, 0.717) is 108 Å². The monoisotopic (exact) mass is 2240 g/mol. The Morgan fingerprint density at radius 3 is 0.433 bits per heavy atom. The Morgan fingerprint density at radius 2 is 0.300 bits per heavy atom. The van der Waals surface area contributed by atoms with Crippen LogP contribution in [0.15, 0.2) is 0 Å². The molecule has 0 radical (unpaired) electrons. The van der Waals surface area contributed by atoms with Crippen molar-refractivity contribution in [1.29, 1.82) is 0 Å². The molecule has 150 heavy (non-hydrogen) atoms. The van der Waals surface area contributed by atoms with Gasteiger partial charge in [-0.1, -0.05) is 191 Å². The molecule has 4 fully saturated rings. The second kappa shape index (κ2) is 108. The summed E-state index contributed by atoms with van der Waals surface area (Å²) in [7, 11) is 4.84. The molecule has 2 bridgehead atoms. The first kappa shape index (κ1) is 154. The van der Waals surface area contributed by atoms with Crippen LogP contribution in [0.2, 0.25) is 0 Å². The summed E-state index contributed by atoms with van der Waals surface area (Å²) in [6, 6.07) is 0. The molecule has 6 unspecified atom stereocenters. The second-order valence-electron chi connectivity index (χ2n) is 35.1. The number of aliphatic carboxylic acids is 24. The molecule has 0 aromatic rings. The van der Waals surface area contributed by atoms with Gasteiger partial charge in [0.05, 0.1) is 48.3 Å². The molecule has 4 rings (SSSR count). The lowest BCUT2D eigenvalue weighted by molar-refractivity contribution is -0.156. The zero-order valence-corrected chi connectivity index (χ0v) is 88.7. The standard InChI is InChI=1S/C12H22O4.C11H20O4.C10H18O4.C9H12O4.C9H16O4.2C8H12O4.C8H14O4.C7H12O4.C6H10O4S2.C6H10O4.C4H6O4S2/c13-11(14)9-7-5-3-1-2-4-6-8-10-12(15)16;12-10(13)8-6-4-2-1-3-5-7-9-11(14)15;11-9(12)7-5-3-1-2-4-6-8-10(13)14;10-8(11)6-4-1-2-5(3-4)7(6)9(12)13;10-8(11)6-4-2-1-3-5-7-9(12)13;9-7(10)5-1-2-6(4-3-5)8(11)12;9-7(10)5-3-1-2-4-6(5)8(11)12;9-7(10)5-3-1-2-4-6-8(11)12;8-6(9)4-2-1-3-5-7(10)11;7-5(8)1-3-11-12-4-2-6(9)10;7-5(8)3-1-2-4-6(9)10;5-3(6)1-9-10-2-4(7)8/h1-10H2,(H,13,14)(H,15,16);1-9H2,(H,12,13)(H,14,15);1-8H2,(H,11,12)(H,13,14);4-7H,1-3H2,(H,10,11)(H,12,13);1-7H2,(H,10,11)(H,12,13);2*5-6H,1-4H2,(H,9,10)(H,11,12);1-6H2,(H,9,10)(H,11,12);1-5H2,(H,8,9)(H,10,11);1-4H2,(H,7,8)(H,9,10);1-4H2,(H,7,8)(H,9,10);1-2H2,(H,5,6)(H,7,8). The molecule has 0 aliphatic heterocycles. The average molecular weight is 2240 g/mol. The van der Waals surface area contributed by atoms with Crippen molar-refractivity contribution in [2.45, 2.75) is 398 Å². The minimum absolute atomic E-state index is 0.0576. The van der Waals surface area contributed by atoms with Crippen molar-refractivity contribution in [2.24, 2.45) is 47.3 Å². The van der Waals surface area contributed by atoms with Crippen LogP contribution < -0.4 is 0 Å². The van der Waals surface area contributed by atoms with Gasteiger partial charge in [0, 0.05) is 101 Å². The van der Waals surface area contributed by atoms with E-state index in [1.165, 1.54) is 21.6 Å². The van der Waals surface area contributed by atoms with Crippen LogP contribution in [-0.2, 0) is 115 Å². The maximum atomic E-state index is 10.8. The van der Waals surface area contributed by atoms with E-state index in [1.807, 2.05) is 0 Å². The fraction of sp³-hybridized carbons (Fsp3) is 0.755. The normalized spacial score (nSPS) is 15.8. The van der Waals surface area contributed by atoms with Gasteiger partial charge in [0.15, 0.2) is 0 Å². The van der Waals surface area contributed by atoms with Gasteiger partial charge in [-0.3, -0.25) is 115 Å². The number of rotatable bonds is 74. The van der Waals surface area contributed by atoms with Gasteiger partial charge >= 0.3 is 143 Å². The summed E-state index contributed by atoms with van der Waals surface area (Å²) >= 11 is 0. The van der Waals surface area contributed by atoms with Crippen LogP contribution >= 0.6 is 43.2 Å². The zero-order valence-electron chi connectivity index (χ0n) is 85.5. The van der Waals surface area contributed by atoms with E-state index in [0.717, 1.165) is 221 Å². The molecule has 0 saturated heterocycles. The topological polar surface area (TPSA) is 895 Å². The van der Waals surface area contributed by atoms with Crippen molar-refractivity contribution in [1.82, 2.24) is 0 Å². The molecule has 24 N–H and O–H groups in total. The van der Waals surface area contributed by atoms with Crippen LogP contribution in [0.1, 0.15) is 398 Å². The summed E-state index contributed by atoms with van der Waals surface area (Å²) in [6.07, 6.45) is 40.0. The van der Waals surface area contributed by atoms with Crippen LogP contribution in [0.4, 0.5) is 0 Å². The van der Waals surface area contributed by atoms with E-state index in [2.05, 4.69) is 0 Å². The highest BCUT2D eigenvalue weighted by Gasteiger charge is 2.54. The highest BCUT2D eigenvalue weighted by atomic mass is 33.1. The number of carbonyl (C=O) groups is 24. The van der Waals surface area contributed by atoms with Crippen molar-refractivity contribution < 1.29 is 238 Å². The van der Waals surface area contributed by atoms with Crippen molar-refractivity contribution in [3.63, 3.8) is 0 Å².